The first kappa shape index (κ1) is 12.2. The molecule has 6 heteroatoms. The van der Waals surface area contributed by atoms with E-state index in [4.69, 9.17) is 18.0 Å². The Morgan fingerprint density at radius 1 is 1.53 bits per heavy atom. The number of hydrogen-bond acceptors (Lipinski definition) is 2. The quantitative estimate of drug-likeness (QED) is 0.885. The lowest BCUT2D eigenvalue weighted by atomic mass is 10.2. The van der Waals surface area contributed by atoms with Crippen LogP contribution in [0.2, 0.25) is 0 Å². The molecule has 0 aliphatic heterocycles. The normalized spacial score (nSPS) is 10.5. The highest BCUT2D eigenvalue weighted by Crippen LogP contribution is 2.16. The van der Waals surface area contributed by atoms with E-state index in [2.05, 4.69) is 20.9 Å². The number of imidazole rings is 1. The maximum absolute atomic E-state index is 13.6. The highest BCUT2D eigenvalue weighted by Gasteiger charge is 2.08. The molecule has 0 saturated carbocycles. The molecule has 1 aromatic heterocycles. The number of hydrogen-bond donors (Lipinski definition) is 1. The van der Waals surface area contributed by atoms with Gasteiger partial charge in [0.25, 0.3) is 0 Å². The van der Waals surface area contributed by atoms with E-state index in [9.17, 15) is 4.39 Å². The molecule has 0 spiro atoms. The summed E-state index contributed by atoms with van der Waals surface area (Å²) in [5, 5.41) is 0. The summed E-state index contributed by atoms with van der Waals surface area (Å²) in [5.41, 5.74) is 6.08. The van der Waals surface area contributed by atoms with Gasteiger partial charge in [-0.1, -0.05) is 34.2 Å². The Kier molecular flexibility index (Phi) is 3.54. The Labute approximate surface area is 112 Å². The third-order valence-electron chi connectivity index (χ3n) is 2.29. The topological polar surface area (TPSA) is 43.8 Å². The Morgan fingerprint density at radius 3 is 2.94 bits per heavy atom. The van der Waals surface area contributed by atoms with Gasteiger partial charge in [0.15, 0.2) is 5.82 Å². The van der Waals surface area contributed by atoms with Gasteiger partial charge in [0.1, 0.15) is 10.8 Å². The minimum atomic E-state index is -0.276. The average Bonchev–Trinajstić information content (AvgIpc) is 2.70. The van der Waals surface area contributed by atoms with Crippen molar-refractivity contribution < 1.29 is 4.39 Å². The molecule has 1 aromatic carbocycles. The highest BCUT2D eigenvalue weighted by atomic mass is 79.9. The van der Waals surface area contributed by atoms with Crippen LogP contribution in [-0.2, 0) is 6.54 Å². The smallest absolute Gasteiger partial charge is 0.167 e. The van der Waals surface area contributed by atoms with Gasteiger partial charge in [-0.2, -0.15) is 0 Å². The summed E-state index contributed by atoms with van der Waals surface area (Å²) in [4.78, 5) is 4.23. The van der Waals surface area contributed by atoms with Crippen molar-refractivity contribution in [2.45, 2.75) is 6.54 Å². The molecule has 0 radical (unpaired) electrons. The largest absolute Gasteiger partial charge is 0.387 e. The second kappa shape index (κ2) is 4.93. The van der Waals surface area contributed by atoms with Gasteiger partial charge in [-0.15, -0.1) is 0 Å². The monoisotopic (exact) mass is 313 g/mol. The summed E-state index contributed by atoms with van der Waals surface area (Å²) >= 11 is 8.08. The van der Waals surface area contributed by atoms with Crippen LogP contribution in [-0.4, -0.2) is 14.5 Å². The van der Waals surface area contributed by atoms with E-state index < -0.39 is 0 Å². The molecule has 1 heterocycles. The lowest BCUT2D eigenvalue weighted by molar-refractivity contribution is 0.598. The molecule has 2 aromatic rings. The molecule has 2 N–H and O–H groups in total. The predicted octanol–water partition coefficient (Wildman–Crippen LogP) is 2.47. The molecule has 0 amide bonds. The lowest BCUT2D eigenvalue weighted by Crippen LogP contribution is -2.17. The second-order valence-electron chi connectivity index (χ2n) is 3.48. The standard InChI is InChI=1S/C11H9BrFN3S/c12-8-2-1-7(9(13)5-8)6-16-4-3-15-11(16)10(14)17/h1-5H,6H2,(H2,14,17). The SMILES string of the molecule is NC(=S)c1nccn1Cc1ccc(Br)cc1F. The fourth-order valence-electron chi connectivity index (χ4n) is 1.50. The predicted molar refractivity (Wildman–Crippen MR) is 71.3 cm³/mol. The Balaban J connectivity index is 2.31. The second-order valence-corrected chi connectivity index (χ2v) is 4.83. The van der Waals surface area contributed by atoms with Crippen molar-refractivity contribution in [1.29, 1.82) is 0 Å². The zero-order valence-electron chi connectivity index (χ0n) is 8.73. The molecule has 0 unspecified atom stereocenters. The number of benzene rings is 1. The molecular formula is C11H9BrFN3S. The summed E-state index contributed by atoms with van der Waals surface area (Å²) < 4.78 is 16.1. The van der Waals surface area contributed by atoms with Crippen LogP contribution in [0.25, 0.3) is 0 Å². The van der Waals surface area contributed by atoms with Crippen LogP contribution >= 0.6 is 28.1 Å². The summed E-state index contributed by atoms with van der Waals surface area (Å²) in [7, 11) is 0. The van der Waals surface area contributed by atoms with E-state index in [1.807, 2.05) is 0 Å². The molecule has 88 valence electrons. The molecule has 0 aliphatic carbocycles. The fourth-order valence-corrected chi connectivity index (χ4v) is 2.00. The van der Waals surface area contributed by atoms with Crippen molar-refractivity contribution in [3.63, 3.8) is 0 Å². The van der Waals surface area contributed by atoms with Gasteiger partial charge in [-0.3, -0.25) is 0 Å². The average molecular weight is 314 g/mol. The first-order valence-electron chi connectivity index (χ1n) is 4.83. The highest BCUT2D eigenvalue weighted by molar-refractivity contribution is 9.10. The molecule has 0 aliphatic rings. The molecule has 3 nitrogen and oxygen atoms in total. The zero-order valence-corrected chi connectivity index (χ0v) is 11.1. The maximum Gasteiger partial charge on any atom is 0.167 e. The molecule has 17 heavy (non-hydrogen) atoms. The van der Waals surface area contributed by atoms with Gasteiger partial charge in [-0.05, 0) is 12.1 Å². The minimum absolute atomic E-state index is 0.201. The number of halogens is 2. The van der Waals surface area contributed by atoms with Crippen LogP contribution in [0.5, 0.6) is 0 Å². The zero-order chi connectivity index (χ0) is 12.4. The third kappa shape index (κ3) is 2.70. The van der Waals surface area contributed by atoms with Crippen molar-refractivity contribution in [2.24, 2.45) is 5.73 Å². The van der Waals surface area contributed by atoms with Gasteiger partial charge >= 0.3 is 0 Å². The van der Waals surface area contributed by atoms with E-state index in [0.29, 0.717) is 22.4 Å². The van der Waals surface area contributed by atoms with E-state index in [0.717, 1.165) is 0 Å². The van der Waals surface area contributed by atoms with E-state index in [1.54, 1.807) is 29.1 Å². The number of nitrogens with two attached hydrogens (primary N) is 1. The molecule has 0 bridgehead atoms. The summed E-state index contributed by atoms with van der Waals surface area (Å²) in [6.07, 6.45) is 3.31. The Bertz CT molecular complexity index is 568. The molecular weight excluding hydrogens is 305 g/mol. The first-order valence-corrected chi connectivity index (χ1v) is 6.03. The Hall–Kier alpha value is -1.27. The summed E-state index contributed by atoms with van der Waals surface area (Å²) in [5.74, 6) is 0.212. The fraction of sp³-hybridized carbons (Fsp3) is 0.0909. The van der Waals surface area contributed by atoms with E-state index >= 15 is 0 Å². The van der Waals surface area contributed by atoms with Gasteiger partial charge in [0, 0.05) is 22.4 Å². The Morgan fingerprint density at radius 2 is 2.29 bits per heavy atom. The van der Waals surface area contributed by atoms with Gasteiger partial charge in [0.2, 0.25) is 0 Å². The summed E-state index contributed by atoms with van der Waals surface area (Å²) in [6.45, 7) is 0.353. The van der Waals surface area contributed by atoms with Crippen molar-refractivity contribution in [3.05, 3.63) is 52.3 Å². The number of aromatic nitrogens is 2. The molecule has 0 atom stereocenters. The molecule has 0 fully saturated rings. The maximum atomic E-state index is 13.6. The number of rotatable bonds is 3. The minimum Gasteiger partial charge on any atom is -0.387 e. The number of thiocarbonyl (C=S) groups is 1. The molecule has 2 rings (SSSR count). The van der Waals surface area contributed by atoms with Crippen LogP contribution in [0.1, 0.15) is 11.4 Å². The van der Waals surface area contributed by atoms with Crippen molar-refractivity contribution in [3.8, 4) is 0 Å². The molecule has 0 saturated heterocycles. The van der Waals surface area contributed by atoms with Gasteiger partial charge in [0.05, 0.1) is 6.54 Å². The lowest BCUT2D eigenvalue weighted by Gasteiger charge is -2.08. The third-order valence-corrected chi connectivity index (χ3v) is 2.97. The van der Waals surface area contributed by atoms with Crippen LogP contribution in [0, 0.1) is 5.82 Å². The van der Waals surface area contributed by atoms with Gasteiger partial charge < -0.3 is 10.3 Å². The van der Waals surface area contributed by atoms with Crippen LogP contribution in [0.3, 0.4) is 0 Å². The van der Waals surface area contributed by atoms with Crippen LogP contribution < -0.4 is 5.73 Å². The van der Waals surface area contributed by atoms with Crippen molar-refractivity contribution >= 4 is 33.1 Å². The van der Waals surface area contributed by atoms with Crippen LogP contribution in [0.15, 0.2) is 35.1 Å². The van der Waals surface area contributed by atoms with Crippen molar-refractivity contribution in [2.75, 3.05) is 0 Å². The van der Waals surface area contributed by atoms with Crippen LogP contribution in [0.4, 0.5) is 4.39 Å². The number of nitrogens with zero attached hydrogens (tertiary/aromatic N) is 2. The van der Waals surface area contributed by atoms with E-state index in [1.165, 1.54) is 6.07 Å². The van der Waals surface area contributed by atoms with Crippen molar-refractivity contribution in [1.82, 2.24) is 9.55 Å². The first-order chi connectivity index (χ1) is 8.08. The van der Waals surface area contributed by atoms with E-state index in [-0.39, 0.29) is 10.8 Å². The van der Waals surface area contributed by atoms with Gasteiger partial charge in [-0.25, -0.2) is 9.37 Å². The summed E-state index contributed by atoms with van der Waals surface area (Å²) in [6, 6.07) is 4.92.